The van der Waals surface area contributed by atoms with Crippen molar-refractivity contribution >= 4 is 34.8 Å². The summed E-state index contributed by atoms with van der Waals surface area (Å²) >= 11 is 7.12. The van der Waals surface area contributed by atoms with Crippen LogP contribution in [0.1, 0.15) is 33.3 Å². The van der Waals surface area contributed by atoms with E-state index in [0.717, 1.165) is 10.4 Å². The summed E-state index contributed by atoms with van der Waals surface area (Å²) in [7, 11) is 0. The molecule has 0 spiro atoms. The van der Waals surface area contributed by atoms with E-state index < -0.39 is 12.0 Å². The molecular formula is C15H14ClNO3S. The Hall–Kier alpha value is -1.85. The third-order valence-electron chi connectivity index (χ3n) is 2.94. The summed E-state index contributed by atoms with van der Waals surface area (Å²) in [6.45, 7) is 0. The smallest absolute Gasteiger partial charge is 0.305 e. The second-order valence-corrected chi connectivity index (χ2v) is 5.72. The molecule has 110 valence electrons. The van der Waals surface area contributed by atoms with Gasteiger partial charge in [0.05, 0.1) is 12.5 Å². The third kappa shape index (κ3) is 4.31. The number of thiophene rings is 1. The van der Waals surface area contributed by atoms with E-state index in [0.29, 0.717) is 11.4 Å². The lowest BCUT2D eigenvalue weighted by atomic mass is 10.1. The Balaban J connectivity index is 2.11. The molecule has 2 N–H and O–H groups in total. The van der Waals surface area contributed by atoms with E-state index in [9.17, 15) is 9.59 Å². The number of rotatable bonds is 6. The number of amides is 1. The van der Waals surface area contributed by atoms with Crippen LogP contribution in [0.3, 0.4) is 0 Å². The highest BCUT2D eigenvalue weighted by molar-refractivity contribution is 7.10. The van der Waals surface area contributed by atoms with Crippen LogP contribution in [-0.2, 0) is 10.7 Å². The second-order valence-electron chi connectivity index (χ2n) is 4.47. The van der Waals surface area contributed by atoms with Crippen LogP contribution in [0, 0.1) is 0 Å². The van der Waals surface area contributed by atoms with E-state index in [1.165, 1.54) is 11.3 Å². The van der Waals surface area contributed by atoms with Crippen LogP contribution >= 0.6 is 22.9 Å². The molecule has 2 aromatic rings. The van der Waals surface area contributed by atoms with Gasteiger partial charge in [0.1, 0.15) is 0 Å². The van der Waals surface area contributed by atoms with Gasteiger partial charge in [0.2, 0.25) is 0 Å². The van der Waals surface area contributed by atoms with Gasteiger partial charge in [-0.25, -0.2) is 0 Å². The Labute approximate surface area is 131 Å². The number of carboxylic acid groups (broad SMARTS) is 1. The molecule has 1 unspecified atom stereocenters. The highest BCUT2D eigenvalue weighted by Gasteiger charge is 2.19. The maximum absolute atomic E-state index is 12.2. The zero-order valence-corrected chi connectivity index (χ0v) is 12.7. The molecule has 0 radical (unpaired) electrons. The average molecular weight is 324 g/mol. The molecule has 0 aliphatic rings. The van der Waals surface area contributed by atoms with Crippen LogP contribution < -0.4 is 5.32 Å². The van der Waals surface area contributed by atoms with Crippen molar-refractivity contribution in [2.24, 2.45) is 0 Å². The van der Waals surface area contributed by atoms with Crippen LogP contribution in [-0.4, -0.2) is 17.0 Å². The molecule has 0 saturated carbocycles. The number of hydrogen-bond donors (Lipinski definition) is 2. The monoisotopic (exact) mass is 323 g/mol. The maximum atomic E-state index is 12.2. The molecular weight excluding hydrogens is 310 g/mol. The molecule has 6 heteroatoms. The van der Waals surface area contributed by atoms with E-state index in [-0.39, 0.29) is 12.3 Å². The number of carbonyl (C=O) groups is 2. The van der Waals surface area contributed by atoms with E-state index in [1.807, 2.05) is 17.5 Å². The zero-order chi connectivity index (χ0) is 15.2. The van der Waals surface area contributed by atoms with Gasteiger partial charge < -0.3 is 10.4 Å². The number of carboxylic acids is 1. The molecule has 1 heterocycles. The van der Waals surface area contributed by atoms with Crippen molar-refractivity contribution in [3.8, 4) is 0 Å². The van der Waals surface area contributed by atoms with Gasteiger partial charge in [0.25, 0.3) is 5.91 Å². The summed E-state index contributed by atoms with van der Waals surface area (Å²) in [6, 6.07) is 10.0. The first-order valence-corrected chi connectivity index (χ1v) is 7.72. The SMILES string of the molecule is O=C(O)CC(NC(=O)c1ccc(CCl)cc1)c1cccs1. The largest absolute Gasteiger partial charge is 0.481 e. The van der Waals surface area contributed by atoms with Crippen molar-refractivity contribution in [2.75, 3.05) is 0 Å². The van der Waals surface area contributed by atoms with Crippen LogP contribution in [0.25, 0.3) is 0 Å². The van der Waals surface area contributed by atoms with Gasteiger partial charge in [0, 0.05) is 16.3 Å². The lowest BCUT2D eigenvalue weighted by Gasteiger charge is -2.15. The first kappa shape index (κ1) is 15.5. The highest BCUT2D eigenvalue weighted by Crippen LogP contribution is 2.22. The van der Waals surface area contributed by atoms with Crippen molar-refractivity contribution in [3.05, 3.63) is 57.8 Å². The van der Waals surface area contributed by atoms with Gasteiger partial charge in [-0.3, -0.25) is 9.59 Å². The standard InChI is InChI=1S/C15H14ClNO3S/c16-9-10-3-5-11(6-4-10)15(20)17-12(8-14(18)19)13-2-1-7-21-13/h1-7,12H,8-9H2,(H,17,20)(H,18,19). The number of nitrogens with one attached hydrogen (secondary N) is 1. The van der Waals surface area contributed by atoms with Gasteiger partial charge in [0.15, 0.2) is 0 Å². The summed E-state index contributed by atoms with van der Waals surface area (Å²) in [5.74, 6) is -0.861. The summed E-state index contributed by atoms with van der Waals surface area (Å²) in [5, 5.41) is 13.6. The number of carbonyl (C=O) groups excluding carboxylic acids is 1. The van der Waals surface area contributed by atoms with E-state index in [2.05, 4.69) is 5.32 Å². The number of aliphatic carboxylic acids is 1. The zero-order valence-electron chi connectivity index (χ0n) is 11.1. The van der Waals surface area contributed by atoms with E-state index in [4.69, 9.17) is 16.7 Å². The number of halogens is 1. The van der Waals surface area contributed by atoms with Crippen molar-refractivity contribution in [1.82, 2.24) is 5.32 Å². The van der Waals surface area contributed by atoms with Crippen molar-refractivity contribution < 1.29 is 14.7 Å². The Morgan fingerprint density at radius 2 is 1.95 bits per heavy atom. The molecule has 2 rings (SSSR count). The maximum Gasteiger partial charge on any atom is 0.305 e. The highest BCUT2D eigenvalue weighted by atomic mass is 35.5. The molecule has 1 aromatic carbocycles. The molecule has 4 nitrogen and oxygen atoms in total. The molecule has 0 aliphatic heterocycles. The summed E-state index contributed by atoms with van der Waals surface area (Å²) in [6.07, 6.45) is -0.147. The number of benzene rings is 1. The fourth-order valence-corrected chi connectivity index (χ4v) is 2.83. The van der Waals surface area contributed by atoms with Gasteiger partial charge in [-0.05, 0) is 29.1 Å². The average Bonchev–Trinajstić information content (AvgIpc) is 3.00. The minimum absolute atomic E-state index is 0.147. The van der Waals surface area contributed by atoms with Crippen LogP contribution in [0.2, 0.25) is 0 Å². The number of alkyl halides is 1. The van der Waals surface area contributed by atoms with Crippen LogP contribution in [0.4, 0.5) is 0 Å². The molecule has 0 saturated heterocycles. The normalized spacial score (nSPS) is 11.9. The van der Waals surface area contributed by atoms with Gasteiger partial charge >= 0.3 is 5.97 Å². The molecule has 21 heavy (non-hydrogen) atoms. The predicted molar refractivity (Wildman–Crippen MR) is 82.8 cm³/mol. The Kier molecular flexibility index (Phi) is 5.36. The molecule has 0 fully saturated rings. The Bertz CT molecular complexity index is 610. The molecule has 1 atom stereocenters. The Morgan fingerprint density at radius 1 is 1.24 bits per heavy atom. The summed E-state index contributed by atoms with van der Waals surface area (Å²) in [5.41, 5.74) is 1.41. The summed E-state index contributed by atoms with van der Waals surface area (Å²) < 4.78 is 0. The molecule has 1 aromatic heterocycles. The number of hydrogen-bond acceptors (Lipinski definition) is 3. The first-order chi connectivity index (χ1) is 10.1. The fraction of sp³-hybridized carbons (Fsp3) is 0.200. The molecule has 0 bridgehead atoms. The first-order valence-electron chi connectivity index (χ1n) is 6.31. The topological polar surface area (TPSA) is 66.4 Å². The minimum Gasteiger partial charge on any atom is -0.481 e. The van der Waals surface area contributed by atoms with Crippen molar-refractivity contribution in [3.63, 3.8) is 0 Å². The van der Waals surface area contributed by atoms with Crippen LogP contribution in [0.5, 0.6) is 0 Å². The van der Waals surface area contributed by atoms with Crippen molar-refractivity contribution in [2.45, 2.75) is 18.3 Å². The lowest BCUT2D eigenvalue weighted by Crippen LogP contribution is -2.29. The minimum atomic E-state index is -0.953. The lowest BCUT2D eigenvalue weighted by molar-refractivity contribution is -0.137. The van der Waals surface area contributed by atoms with Crippen LogP contribution in [0.15, 0.2) is 41.8 Å². The quantitative estimate of drug-likeness (QED) is 0.800. The fourth-order valence-electron chi connectivity index (χ4n) is 1.87. The molecule has 1 amide bonds. The van der Waals surface area contributed by atoms with Gasteiger partial charge in [-0.15, -0.1) is 22.9 Å². The predicted octanol–water partition coefficient (Wildman–Crippen LogP) is 3.43. The van der Waals surface area contributed by atoms with Gasteiger partial charge in [-0.2, -0.15) is 0 Å². The van der Waals surface area contributed by atoms with Crippen molar-refractivity contribution in [1.29, 1.82) is 0 Å². The van der Waals surface area contributed by atoms with Gasteiger partial charge in [-0.1, -0.05) is 18.2 Å². The Morgan fingerprint density at radius 3 is 2.48 bits per heavy atom. The summed E-state index contributed by atoms with van der Waals surface area (Å²) in [4.78, 5) is 24.0. The van der Waals surface area contributed by atoms with E-state index >= 15 is 0 Å². The second kappa shape index (κ2) is 7.24. The third-order valence-corrected chi connectivity index (χ3v) is 4.24. The molecule has 0 aliphatic carbocycles. The van der Waals surface area contributed by atoms with E-state index in [1.54, 1.807) is 24.3 Å².